The van der Waals surface area contributed by atoms with Crippen molar-refractivity contribution in [2.75, 3.05) is 0 Å². The van der Waals surface area contributed by atoms with E-state index >= 15 is 0 Å². The van der Waals surface area contributed by atoms with E-state index in [0.717, 1.165) is 0 Å². The van der Waals surface area contributed by atoms with Gasteiger partial charge >= 0.3 is 34.5 Å². The Kier molecular flexibility index (Phi) is 11.0. The zero-order valence-electron chi connectivity index (χ0n) is 12.8. The van der Waals surface area contributed by atoms with Gasteiger partial charge in [-0.2, -0.15) is 0 Å². The van der Waals surface area contributed by atoms with E-state index in [2.05, 4.69) is 0 Å². The summed E-state index contributed by atoms with van der Waals surface area (Å²) in [5, 5.41) is 0. The van der Waals surface area contributed by atoms with Gasteiger partial charge in [0.15, 0.2) is 0 Å². The summed E-state index contributed by atoms with van der Waals surface area (Å²) in [4.78, 5) is 0. The van der Waals surface area contributed by atoms with Gasteiger partial charge in [0.2, 0.25) is 0 Å². The molecule has 0 spiro atoms. The third-order valence-corrected chi connectivity index (χ3v) is 10.0. The maximum absolute atomic E-state index is 4.85. The topological polar surface area (TPSA) is 0 Å². The molecule has 4 heteroatoms. The Morgan fingerprint density at radius 2 is 0.800 bits per heavy atom. The van der Waals surface area contributed by atoms with Gasteiger partial charge in [-0.15, -0.1) is 0 Å². The van der Waals surface area contributed by atoms with Gasteiger partial charge in [0.05, 0.1) is 17.0 Å². The second-order valence-electron chi connectivity index (χ2n) is 6.49. The zero-order chi connectivity index (χ0) is 13.5. The molecule has 0 unspecified atom stereocenters. The Labute approximate surface area is 143 Å². The molecule has 0 amide bonds. The number of hydrogen-bond acceptors (Lipinski definition) is 0. The van der Waals surface area contributed by atoms with Crippen LogP contribution in [0, 0.1) is 7.43 Å². The molecule has 0 heterocycles. The van der Waals surface area contributed by atoms with Crippen LogP contribution in [0.25, 0.3) is 0 Å². The molecule has 0 aliphatic heterocycles. The molecule has 0 N–H and O–H groups in total. The van der Waals surface area contributed by atoms with Crippen LogP contribution in [0.4, 0.5) is 0 Å². The van der Waals surface area contributed by atoms with E-state index < -0.39 is 0 Å². The van der Waals surface area contributed by atoms with Crippen molar-refractivity contribution in [1.82, 2.24) is 0 Å². The molecule has 0 saturated heterocycles. The van der Waals surface area contributed by atoms with Gasteiger partial charge in [-0.1, -0.05) is 0 Å². The summed E-state index contributed by atoms with van der Waals surface area (Å²) in [7, 11) is 9.73. The van der Waals surface area contributed by atoms with Crippen LogP contribution in [0.2, 0.25) is 0 Å². The predicted molar refractivity (Wildman–Crippen MR) is 93.2 cm³/mol. The SMILES string of the molecule is C1CCC([PH+](C2CCCC2)C2CCCC2)C1.[CH3-].[Cl][Ru][Cl]. The van der Waals surface area contributed by atoms with Crippen molar-refractivity contribution in [3.63, 3.8) is 0 Å². The zero-order valence-corrected chi connectivity index (χ0v) is 17.1. The average Bonchev–Trinajstić information content (AvgIpc) is 3.15. The minimum absolute atomic E-state index is 0. The van der Waals surface area contributed by atoms with Crippen molar-refractivity contribution in [2.45, 2.75) is 94.0 Å². The molecule has 20 heavy (non-hydrogen) atoms. The van der Waals surface area contributed by atoms with Crippen molar-refractivity contribution < 1.29 is 15.1 Å². The van der Waals surface area contributed by atoms with Crippen LogP contribution in [0.1, 0.15) is 77.0 Å². The monoisotopic (exact) mass is 426 g/mol. The summed E-state index contributed by atoms with van der Waals surface area (Å²) in [6, 6.07) is 0. The molecule has 3 rings (SSSR count). The Morgan fingerprint density at radius 1 is 0.600 bits per heavy atom. The van der Waals surface area contributed by atoms with Crippen LogP contribution in [-0.4, -0.2) is 17.0 Å². The first kappa shape index (κ1) is 19.7. The van der Waals surface area contributed by atoms with Crippen LogP contribution >= 0.6 is 27.3 Å². The van der Waals surface area contributed by atoms with Gasteiger partial charge in [-0.3, -0.25) is 0 Å². The molecule has 3 fully saturated rings. The Hall–Kier alpha value is 1.63. The van der Waals surface area contributed by atoms with Crippen molar-refractivity contribution in [1.29, 1.82) is 0 Å². The van der Waals surface area contributed by atoms with E-state index in [-0.39, 0.29) is 30.5 Å². The number of rotatable bonds is 3. The molecule has 0 atom stereocenters. The molecule has 3 aliphatic carbocycles. The quantitative estimate of drug-likeness (QED) is 0.263. The summed E-state index contributed by atoms with van der Waals surface area (Å²) in [5.41, 5.74) is 3.74. The van der Waals surface area contributed by atoms with Crippen molar-refractivity contribution in [3.8, 4) is 0 Å². The fourth-order valence-electron chi connectivity index (χ4n) is 4.78. The van der Waals surface area contributed by atoms with E-state index in [1.165, 1.54) is 17.0 Å². The van der Waals surface area contributed by atoms with Gasteiger partial charge in [0.1, 0.15) is 0 Å². The molecule has 0 aromatic carbocycles. The summed E-state index contributed by atoms with van der Waals surface area (Å²) in [5.74, 6) is 0. The van der Waals surface area contributed by atoms with Gasteiger partial charge in [-0.05, 0) is 77.0 Å². The maximum atomic E-state index is 4.85. The van der Waals surface area contributed by atoms with E-state index in [9.17, 15) is 0 Å². The fraction of sp³-hybridized carbons (Fsp3) is 0.938. The first-order valence-corrected chi connectivity index (χ1v) is 14.3. The normalized spacial score (nSPS) is 24.9. The molecule has 0 nitrogen and oxygen atoms in total. The van der Waals surface area contributed by atoms with Gasteiger partial charge in [0, 0.05) is 7.92 Å². The van der Waals surface area contributed by atoms with E-state index in [0.29, 0.717) is 0 Å². The molecule has 0 aromatic rings. The summed E-state index contributed by atoms with van der Waals surface area (Å²) in [6.07, 6.45) is 19.2. The second kappa shape index (κ2) is 11.2. The fourth-order valence-corrected chi connectivity index (χ4v) is 10.0. The Morgan fingerprint density at radius 3 is 1.00 bits per heavy atom. The second-order valence-corrected chi connectivity index (χ2v) is 12.6. The molecule has 122 valence electrons. The minimum atomic E-state index is -0.346. The summed E-state index contributed by atoms with van der Waals surface area (Å²) < 4.78 is 0. The molecule has 0 radical (unpaired) electrons. The van der Waals surface area contributed by atoms with E-state index in [4.69, 9.17) is 19.4 Å². The van der Waals surface area contributed by atoms with E-state index in [1.807, 2.05) is 0 Å². The average molecular weight is 426 g/mol. The van der Waals surface area contributed by atoms with Gasteiger partial charge in [-0.25, -0.2) is 0 Å². The third kappa shape index (κ3) is 5.68. The van der Waals surface area contributed by atoms with Crippen LogP contribution in [0.15, 0.2) is 0 Å². The van der Waals surface area contributed by atoms with E-state index in [1.54, 1.807) is 77.0 Å². The molecular formula is C16H31Cl2PRu. The van der Waals surface area contributed by atoms with Crippen LogP contribution in [0.3, 0.4) is 0 Å². The van der Waals surface area contributed by atoms with Crippen molar-refractivity contribution >= 4 is 27.3 Å². The first-order chi connectivity index (χ1) is 9.36. The van der Waals surface area contributed by atoms with Gasteiger partial charge in [0.25, 0.3) is 0 Å². The van der Waals surface area contributed by atoms with Crippen LogP contribution in [-0.2, 0) is 15.1 Å². The predicted octanol–water partition coefficient (Wildman–Crippen LogP) is 6.86. The third-order valence-electron chi connectivity index (χ3n) is 5.48. The van der Waals surface area contributed by atoms with Crippen molar-refractivity contribution in [3.05, 3.63) is 7.43 Å². The number of hydrogen-bond donors (Lipinski definition) is 0. The standard InChI is InChI=1S/C15H27P.CH3.2ClH.Ru/c1-2-8-13(7-1)16(14-9-3-4-10-14)15-11-5-6-12-15;;;;/h13-15H,1-12H2;1H3;2*1H;/q;-1;;;+2/p-1. The molecule has 3 aliphatic rings. The van der Waals surface area contributed by atoms with Crippen LogP contribution < -0.4 is 0 Å². The molecule has 3 saturated carbocycles. The van der Waals surface area contributed by atoms with Crippen molar-refractivity contribution in [2.24, 2.45) is 0 Å². The molecular weight excluding hydrogens is 395 g/mol. The first-order valence-electron chi connectivity index (χ1n) is 8.08. The Bertz CT molecular complexity index is 197. The number of halogens is 2. The Balaban J connectivity index is 0.000000462. The molecule has 0 aromatic heterocycles. The molecule has 0 bridgehead atoms. The van der Waals surface area contributed by atoms with Crippen LogP contribution in [0.5, 0.6) is 0 Å². The summed E-state index contributed by atoms with van der Waals surface area (Å²) in [6.45, 7) is 0. The van der Waals surface area contributed by atoms with Gasteiger partial charge < -0.3 is 7.43 Å². The summed E-state index contributed by atoms with van der Waals surface area (Å²) >= 11 is -0.346.